The van der Waals surface area contributed by atoms with Gasteiger partial charge in [0.25, 0.3) is 5.91 Å². The Bertz CT molecular complexity index is 607. The van der Waals surface area contributed by atoms with Gasteiger partial charge >= 0.3 is 11.9 Å². The monoisotopic (exact) mass is 342 g/mol. The molecule has 10 heteroatoms. The van der Waals surface area contributed by atoms with Crippen LogP contribution in [0, 0.1) is 0 Å². The van der Waals surface area contributed by atoms with E-state index >= 15 is 0 Å². The highest BCUT2D eigenvalue weighted by Gasteiger charge is 2.32. The summed E-state index contributed by atoms with van der Waals surface area (Å²) in [6, 6.07) is 2.32. The third-order valence-electron chi connectivity index (χ3n) is 3.34. The summed E-state index contributed by atoms with van der Waals surface area (Å²) in [6.45, 7) is 0. The first-order valence-electron chi connectivity index (χ1n) is 7.40. The van der Waals surface area contributed by atoms with Crippen LogP contribution in [0.5, 0.6) is 11.8 Å². The van der Waals surface area contributed by atoms with E-state index in [1.54, 1.807) is 0 Å². The predicted molar refractivity (Wildman–Crippen MR) is 76.0 cm³/mol. The van der Waals surface area contributed by atoms with E-state index in [2.05, 4.69) is 0 Å². The van der Waals surface area contributed by atoms with Gasteiger partial charge in [0.1, 0.15) is 0 Å². The largest absolute Gasteiger partial charge is 0.492 e. The number of hydroxylamine groups is 2. The van der Waals surface area contributed by atoms with Gasteiger partial charge in [-0.25, -0.2) is 9.59 Å². The van der Waals surface area contributed by atoms with Crippen LogP contribution in [0.4, 0.5) is 0 Å². The minimum absolute atomic E-state index is 0.0379. The predicted octanol–water partition coefficient (Wildman–Crippen LogP) is -0.186. The summed E-state index contributed by atoms with van der Waals surface area (Å²) in [4.78, 5) is 44.0. The van der Waals surface area contributed by atoms with Crippen LogP contribution >= 0.6 is 0 Å². The number of amides is 1. The molecule has 132 valence electrons. The molecule has 0 aromatic carbocycles. The molecule has 0 bridgehead atoms. The molecular weight excluding hydrogens is 324 g/mol. The maximum absolute atomic E-state index is 11.6. The number of hydrogen-bond acceptors (Lipinski definition) is 8. The first-order chi connectivity index (χ1) is 11.4. The fraction of sp³-hybridized carbons (Fsp3) is 0.500. The second-order valence-corrected chi connectivity index (χ2v) is 5.22. The van der Waals surface area contributed by atoms with E-state index in [0.29, 0.717) is 22.6 Å². The molecule has 1 aliphatic heterocycles. The standard InChI is InChI=1S/C14H18N2O8/c17-9-5-6-10(18)15(9)23-13(21)3-1-2-4-14(22)24-16-11(19)7-8-12(16)20/h5-6,11,17-19H,1-4,7-8H2. The molecule has 1 saturated heterocycles. The zero-order valence-electron chi connectivity index (χ0n) is 12.8. The molecule has 0 saturated carbocycles. The highest BCUT2D eigenvalue weighted by Crippen LogP contribution is 2.19. The molecule has 1 unspecified atom stereocenters. The highest BCUT2D eigenvalue weighted by molar-refractivity contribution is 5.79. The summed E-state index contributed by atoms with van der Waals surface area (Å²) in [5.41, 5.74) is 0. The van der Waals surface area contributed by atoms with Crippen LogP contribution in [0.25, 0.3) is 0 Å². The molecule has 1 aromatic rings. The molecule has 3 N–H and O–H groups in total. The molecule has 0 aliphatic carbocycles. The van der Waals surface area contributed by atoms with Crippen molar-refractivity contribution >= 4 is 17.8 Å². The number of aromatic hydroxyl groups is 2. The second-order valence-electron chi connectivity index (χ2n) is 5.22. The summed E-state index contributed by atoms with van der Waals surface area (Å²) in [5, 5.41) is 28.7. The van der Waals surface area contributed by atoms with Crippen LogP contribution in [0.15, 0.2) is 12.1 Å². The zero-order valence-corrected chi connectivity index (χ0v) is 12.8. The quantitative estimate of drug-likeness (QED) is 0.580. The smallest absolute Gasteiger partial charge is 0.333 e. The number of carbonyl (C=O) groups is 3. The van der Waals surface area contributed by atoms with Gasteiger partial charge in [-0.1, -0.05) is 0 Å². The molecule has 1 atom stereocenters. The lowest BCUT2D eigenvalue weighted by molar-refractivity contribution is -0.220. The van der Waals surface area contributed by atoms with E-state index in [0.717, 1.165) is 12.1 Å². The normalized spacial score (nSPS) is 17.1. The van der Waals surface area contributed by atoms with Gasteiger partial charge in [-0.15, -0.1) is 9.79 Å². The number of aliphatic hydroxyl groups excluding tert-OH is 1. The first-order valence-corrected chi connectivity index (χ1v) is 7.40. The Morgan fingerprint density at radius 3 is 2.12 bits per heavy atom. The average molecular weight is 342 g/mol. The number of hydrogen-bond donors (Lipinski definition) is 3. The lowest BCUT2D eigenvalue weighted by atomic mass is 10.2. The molecule has 1 aromatic heterocycles. The van der Waals surface area contributed by atoms with Crippen LogP contribution in [-0.4, -0.2) is 49.2 Å². The van der Waals surface area contributed by atoms with Crippen molar-refractivity contribution in [3.63, 3.8) is 0 Å². The number of aliphatic hydroxyl groups is 1. The van der Waals surface area contributed by atoms with Crippen molar-refractivity contribution in [1.29, 1.82) is 0 Å². The molecule has 2 heterocycles. The SMILES string of the molecule is O=C(CCCCC(=O)On1c(O)ccc1O)ON1C(=O)CCC1O. The van der Waals surface area contributed by atoms with Gasteiger partial charge < -0.3 is 25.0 Å². The lowest BCUT2D eigenvalue weighted by Gasteiger charge is -2.18. The minimum atomic E-state index is -1.11. The van der Waals surface area contributed by atoms with Crippen molar-refractivity contribution in [3.8, 4) is 11.8 Å². The maximum atomic E-state index is 11.6. The van der Waals surface area contributed by atoms with Gasteiger partial charge in [-0.2, -0.15) is 0 Å². The average Bonchev–Trinajstić information content (AvgIpc) is 3.01. The van der Waals surface area contributed by atoms with Crippen molar-refractivity contribution < 1.29 is 39.4 Å². The molecule has 1 fully saturated rings. The summed E-state index contributed by atoms with van der Waals surface area (Å²) in [5.74, 6) is -2.67. The van der Waals surface area contributed by atoms with Gasteiger partial charge in [0.05, 0.1) is 0 Å². The highest BCUT2D eigenvalue weighted by atomic mass is 16.7. The van der Waals surface area contributed by atoms with E-state index in [-0.39, 0.29) is 25.7 Å². The Morgan fingerprint density at radius 2 is 1.62 bits per heavy atom. The van der Waals surface area contributed by atoms with Crippen LogP contribution in [-0.2, 0) is 19.2 Å². The van der Waals surface area contributed by atoms with Crippen LogP contribution < -0.4 is 4.84 Å². The maximum Gasteiger partial charge on any atom is 0.333 e. The van der Waals surface area contributed by atoms with Crippen molar-refractivity contribution in [2.75, 3.05) is 0 Å². The Morgan fingerprint density at radius 1 is 1.08 bits per heavy atom. The first kappa shape index (κ1) is 17.6. The molecular formula is C14H18N2O8. The Labute approximate surface area is 136 Å². The van der Waals surface area contributed by atoms with E-state index in [4.69, 9.17) is 9.68 Å². The van der Waals surface area contributed by atoms with Crippen LogP contribution in [0.3, 0.4) is 0 Å². The van der Waals surface area contributed by atoms with Crippen LogP contribution in [0.2, 0.25) is 0 Å². The van der Waals surface area contributed by atoms with E-state index < -0.39 is 35.8 Å². The van der Waals surface area contributed by atoms with Gasteiger partial charge in [0, 0.05) is 37.8 Å². The Hall–Kier alpha value is -2.75. The summed E-state index contributed by atoms with van der Waals surface area (Å²) in [7, 11) is 0. The molecule has 1 aliphatic rings. The molecule has 24 heavy (non-hydrogen) atoms. The van der Waals surface area contributed by atoms with Crippen molar-refractivity contribution in [1.82, 2.24) is 9.79 Å². The van der Waals surface area contributed by atoms with Crippen molar-refractivity contribution in [2.45, 2.75) is 44.8 Å². The number of aromatic nitrogens is 1. The summed E-state index contributed by atoms with van der Waals surface area (Å²) >= 11 is 0. The number of rotatable bonds is 7. The van der Waals surface area contributed by atoms with Gasteiger partial charge in [-0.3, -0.25) is 4.79 Å². The van der Waals surface area contributed by atoms with E-state index in [9.17, 15) is 29.7 Å². The topological polar surface area (TPSA) is 139 Å². The number of nitrogens with zero attached hydrogens (tertiary/aromatic N) is 2. The van der Waals surface area contributed by atoms with Crippen molar-refractivity contribution in [2.24, 2.45) is 0 Å². The molecule has 10 nitrogen and oxygen atoms in total. The van der Waals surface area contributed by atoms with Crippen molar-refractivity contribution in [3.05, 3.63) is 12.1 Å². The molecule has 2 rings (SSSR count). The molecule has 0 spiro atoms. The molecule has 0 radical (unpaired) electrons. The van der Waals surface area contributed by atoms with E-state index in [1.807, 2.05) is 0 Å². The Kier molecular flexibility index (Phi) is 5.64. The fourth-order valence-electron chi connectivity index (χ4n) is 2.09. The minimum Gasteiger partial charge on any atom is -0.492 e. The zero-order chi connectivity index (χ0) is 17.7. The van der Waals surface area contributed by atoms with E-state index in [1.165, 1.54) is 0 Å². The van der Waals surface area contributed by atoms with Crippen LogP contribution in [0.1, 0.15) is 38.5 Å². The van der Waals surface area contributed by atoms with Gasteiger partial charge in [0.15, 0.2) is 6.23 Å². The summed E-state index contributed by atoms with van der Waals surface area (Å²) in [6.07, 6.45) is -0.253. The third kappa shape index (κ3) is 4.38. The Balaban J connectivity index is 1.64. The summed E-state index contributed by atoms with van der Waals surface area (Å²) < 4.78 is 0.580. The lowest BCUT2D eigenvalue weighted by Crippen LogP contribution is -2.35. The molecule has 1 amide bonds. The fourth-order valence-corrected chi connectivity index (χ4v) is 2.09. The number of unbranched alkanes of at least 4 members (excludes halogenated alkanes) is 1. The second kappa shape index (κ2) is 7.68. The third-order valence-corrected chi connectivity index (χ3v) is 3.34. The van der Waals surface area contributed by atoms with Gasteiger partial charge in [0.2, 0.25) is 11.8 Å². The number of carbonyl (C=O) groups excluding carboxylic acids is 3. The van der Waals surface area contributed by atoms with Gasteiger partial charge in [-0.05, 0) is 12.8 Å².